The Labute approximate surface area is 253 Å². The molecule has 1 aromatic carbocycles. The Kier molecular flexibility index (Phi) is 9.71. The molecule has 0 atom stereocenters. The van der Waals surface area contributed by atoms with Gasteiger partial charge in [-0.25, -0.2) is 18.7 Å². The van der Waals surface area contributed by atoms with E-state index in [1.54, 1.807) is 26.0 Å². The highest BCUT2D eigenvalue weighted by Gasteiger charge is 2.49. The molecule has 0 radical (unpaired) electrons. The van der Waals surface area contributed by atoms with Crippen LogP contribution in [0.3, 0.4) is 0 Å². The van der Waals surface area contributed by atoms with Crippen LogP contribution in [0.1, 0.15) is 25.1 Å². The number of allylic oxidation sites excluding steroid dienone is 1. The van der Waals surface area contributed by atoms with Crippen LogP contribution in [-0.4, -0.2) is 54.8 Å². The number of aromatic nitrogens is 2. The lowest BCUT2D eigenvalue weighted by Crippen LogP contribution is -2.28. The third kappa shape index (κ3) is 6.89. The summed E-state index contributed by atoms with van der Waals surface area (Å²) in [5.74, 6) is -2.93. The van der Waals surface area contributed by atoms with Crippen molar-refractivity contribution in [3.8, 4) is 34.1 Å². The quantitative estimate of drug-likeness (QED) is 0.0716. The molecule has 0 spiro atoms. The lowest BCUT2D eigenvalue weighted by atomic mass is 9.97. The summed E-state index contributed by atoms with van der Waals surface area (Å²) in [5, 5.41) is 1.35. The van der Waals surface area contributed by atoms with Gasteiger partial charge in [0.15, 0.2) is 0 Å². The second-order valence-electron chi connectivity index (χ2n) is 9.88. The number of rotatable bonds is 7. The van der Waals surface area contributed by atoms with E-state index in [4.69, 9.17) is 9.53 Å². The number of thiophene rings is 1. The molecule has 0 amide bonds. The highest BCUT2D eigenvalue weighted by atomic mass is 32.2. The van der Waals surface area contributed by atoms with Crippen LogP contribution in [0.5, 0.6) is 11.6 Å². The molecule has 8 nitrogen and oxygen atoms in total. The lowest BCUT2D eigenvalue weighted by Gasteiger charge is -2.24. The molecule has 1 aliphatic heterocycles. The number of alkyl halides is 3. The lowest BCUT2D eigenvalue weighted by molar-refractivity contribution is -0.104. The molecule has 0 N–H and O–H groups in total. The van der Waals surface area contributed by atoms with Crippen LogP contribution in [0.4, 0.5) is 22.0 Å². The molecular weight excluding hydrogens is 629 g/mol. The van der Waals surface area contributed by atoms with Crippen LogP contribution < -0.4 is 8.92 Å². The first-order chi connectivity index (χ1) is 20.7. The normalized spacial score (nSPS) is 13.7. The van der Waals surface area contributed by atoms with Gasteiger partial charge in [0.1, 0.15) is 29.4 Å². The zero-order valence-electron chi connectivity index (χ0n) is 23.6. The van der Waals surface area contributed by atoms with Crippen LogP contribution >= 0.6 is 11.3 Å². The molecule has 4 aromatic rings. The molecule has 0 saturated carbocycles. The van der Waals surface area contributed by atoms with Crippen molar-refractivity contribution in [1.29, 1.82) is 0 Å². The van der Waals surface area contributed by atoms with Crippen molar-refractivity contribution in [3.05, 3.63) is 71.3 Å². The van der Waals surface area contributed by atoms with Gasteiger partial charge in [-0.2, -0.15) is 21.6 Å². The molecule has 234 valence electrons. The summed E-state index contributed by atoms with van der Waals surface area (Å²) in [5.41, 5.74) is -4.27. The van der Waals surface area contributed by atoms with Crippen LogP contribution in [0, 0.1) is 11.6 Å². The van der Waals surface area contributed by atoms with Gasteiger partial charge in [-0.1, -0.05) is 12.6 Å². The third-order valence-corrected chi connectivity index (χ3v) is 8.14. The molecule has 1 aliphatic rings. The zero-order chi connectivity index (χ0) is 32.4. The number of halogens is 5. The first-order valence-electron chi connectivity index (χ1n) is 13.0. The van der Waals surface area contributed by atoms with E-state index in [-0.39, 0.29) is 38.4 Å². The number of carbonyl (C=O) groups excluding carboxylic acids is 1. The van der Waals surface area contributed by atoms with E-state index in [9.17, 15) is 26.0 Å². The van der Waals surface area contributed by atoms with Crippen molar-refractivity contribution in [2.45, 2.75) is 38.4 Å². The smallest absolute Gasteiger partial charge is 0.490 e. The fourth-order valence-electron chi connectivity index (χ4n) is 4.44. The number of fused-ring (bicyclic) bond motifs is 2. The Balaban J connectivity index is 0.00000104. The van der Waals surface area contributed by atoms with Gasteiger partial charge in [-0.05, 0) is 56.5 Å². The standard InChI is InChI=1S/C26H22F5N3O4S2.C3H4O/c1-13(2)37-20-11-15(27)10-17(28)21(20)22-23(18-5-4-14-6-8-34(3)12-19(14)32-18)33-25(16-7-9-39-24(16)22)38-40(35,36)26(29,30)31;1-2-3-4/h4-5,7,9-11,13H,6,8,12H2,1-3H3;2-3H,1H2. The van der Waals surface area contributed by atoms with Gasteiger partial charge in [0.2, 0.25) is 5.88 Å². The molecule has 44 heavy (non-hydrogen) atoms. The van der Waals surface area contributed by atoms with E-state index in [1.165, 1.54) is 17.5 Å². The number of likely N-dealkylation sites (N-methyl/N-ethyl adjacent to an activating group) is 1. The largest absolute Gasteiger partial charge is 0.534 e. The number of pyridine rings is 2. The number of benzene rings is 1. The molecule has 15 heteroatoms. The van der Waals surface area contributed by atoms with Gasteiger partial charge >= 0.3 is 15.6 Å². The fraction of sp³-hybridized carbons (Fsp3) is 0.276. The Morgan fingerprint density at radius 3 is 2.45 bits per heavy atom. The number of hydrogen-bond donors (Lipinski definition) is 0. The molecule has 0 fully saturated rings. The molecule has 0 bridgehead atoms. The maximum atomic E-state index is 15.6. The van der Waals surface area contributed by atoms with Gasteiger partial charge in [0.05, 0.1) is 33.1 Å². The molecule has 0 unspecified atom stereocenters. The predicted octanol–water partition coefficient (Wildman–Crippen LogP) is 6.68. The third-order valence-electron chi connectivity index (χ3n) is 6.27. The summed E-state index contributed by atoms with van der Waals surface area (Å²) in [4.78, 5) is 19.9. The van der Waals surface area contributed by atoms with Crippen molar-refractivity contribution < 1.29 is 44.1 Å². The average Bonchev–Trinajstić information content (AvgIpc) is 3.42. The van der Waals surface area contributed by atoms with Gasteiger partial charge in [0.25, 0.3) is 0 Å². The predicted molar refractivity (Wildman–Crippen MR) is 156 cm³/mol. The Morgan fingerprint density at radius 1 is 1.11 bits per heavy atom. The van der Waals surface area contributed by atoms with Crippen molar-refractivity contribution in [2.75, 3.05) is 13.6 Å². The van der Waals surface area contributed by atoms with E-state index in [1.807, 2.05) is 11.9 Å². The SMILES string of the molecule is C=CC=O.CC(C)Oc1cc(F)cc(F)c1-c1c(-c2ccc3c(n2)CN(C)CC3)nc(OS(=O)(=O)C(F)(F)F)c2ccsc12. The Bertz CT molecular complexity index is 1820. The van der Waals surface area contributed by atoms with Crippen molar-refractivity contribution in [3.63, 3.8) is 0 Å². The molecule has 4 heterocycles. The van der Waals surface area contributed by atoms with Gasteiger partial charge in [0, 0.05) is 30.8 Å². The summed E-state index contributed by atoms with van der Waals surface area (Å²) >= 11 is 0.987. The number of carbonyl (C=O) groups is 1. The number of ether oxygens (including phenoxy) is 1. The van der Waals surface area contributed by atoms with Crippen LogP contribution in [-0.2, 0) is 27.9 Å². The van der Waals surface area contributed by atoms with Crippen LogP contribution in [0.2, 0.25) is 0 Å². The van der Waals surface area contributed by atoms with Gasteiger partial charge in [-0.15, -0.1) is 11.3 Å². The van der Waals surface area contributed by atoms with E-state index in [2.05, 4.69) is 20.7 Å². The summed E-state index contributed by atoms with van der Waals surface area (Å²) in [6, 6.07) is 6.31. The number of hydrogen-bond acceptors (Lipinski definition) is 9. The second-order valence-corrected chi connectivity index (χ2v) is 12.3. The number of nitrogens with zero attached hydrogens (tertiary/aromatic N) is 3. The summed E-state index contributed by atoms with van der Waals surface area (Å²) < 4.78 is 104. The summed E-state index contributed by atoms with van der Waals surface area (Å²) in [6.45, 7) is 7.70. The molecule has 3 aromatic heterocycles. The van der Waals surface area contributed by atoms with Crippen LogP contribution in [0.15, 0.2) is 48.4 Å². The maximum Gasteiger partial charge on any atom is 0.534 e. The van der Waals surface area contributed by atoms with Crippen molar-refractivity contribution in [1.82, 2.24) is 14.9 Å². The minimum Gasteiger partial charge on any atom is -0.490 e. The topological polar surface area (TPSA) is 98.7 Å². The summed E-state index contributed by atoms with van der Waals surface area (Å²) in [7, 11) is -4.19. The number of aldehydes is 1. The minimum absolute atomic E-state index is 0.0477. The van der Waals surface area contributed by atoms with E-state index in [0.717, 1.165) is 29.5 Å². The zero-order valence-corrected chi connectivity index (χ0v) is 25.2. The van der Waals surface area contributed by atoms with Crippen molar-refractivity contribution in [2.24, 2.45) is 0 Å². The van der Waals surface area contributed by atoms with E-state index < -0.39 is 39.2 Å². The first-order valence-corrected chi connectivity index (χ1v) is 15.3. The van der Waals surface area contributed by atoms with E-state index in [0.29, 0.717) is 31.0 Å². The summed E-state index contributed by atoms with van der Waals surface area (Å²) in [6.07, 6.45) is 2.05. The fourth-order valence-corrected chi connectivity index (χ4v) is 5.81. The first kappa shape index (κ1) is 33.0. The van der Waals surface area contributed by atoms with Gasteiger partial charge in [-0.3, -0.25) is 4.79 Å². The molecular formula is C29H26F5N3O5S2. The highest BCUT2D eigenvalue weighted by Crippen LogP contribution is 2.47. The molecule has 0 saturated heterocycles. The van der Waals surface area contributed by atoms with Gasteiger partial charge < -0.3 is 13.8 Å². The average molecular weight is 656 g/mol. The second kappa shape index (κ2) is 13.0. The molecule has 0 aliphatic carbocycles. The van der Waals surface area contributed by atoms with E-state index >= 15 is 4.39 Å². The molecule has 5 rings (SSSR count). The minimum atomic E-state index is -6.09. The monoisotopic (exact) mass is 655 g/mol. The maximum absolute atomic E-state index is 15.6. The van der Waals surface area contributed by atoms with Crippen LogP contribution in [0.25, 0.3) is 32.6 Å². The highest BCUT2D eigenvalue weighted by molar-refractivity contribution is 7.88. The Morgan fingerprint density at radius 2 is 1.82 bits per heavy atom. The Hall–Kier alpha value is -3.95. The van der Waals surface area contributed by atoms with Crippen molar-refractivity contribution >= 4 is 37.8 Å².